The van der Waals surface area contributed by atoms with Crippen molar-refractivity contribution in [1.82, 2.24) is 44.9 Å². The summed E-state index contributed by atoms with van der Waals surface area (Å²) in [6.45, 7) is 0. The van der Waals surface area contributed by atoms with Crippen molar-refractivity contribution in [1.29, 1.82) is 0 Å². The van der Waals surface area contributed by atoms with Crippen LogP contribution in [0.25, 0.3) is 232 Å². The van der Waals surface area contributed by atoms with Crippen LogP contribution in [0.5, 0.6) is 0 Å². The van der Waals surface area contributed by atoms with Gasteiger partial charge in [-0.1, -0.05) is 394 Å². The second kappa shape index (κ2) is 32.2. The molecule has 124 heavy (non-hydrogen) atoms. The first-order valence-corrected chi connectivity index (χ1v) is 41.7. The summed E-state index contributed by atoms with van der Waals surface area (Å²) >= 11 is 0. The highest BCUT2D eigenvalue weighted by atomic mass is 15.1. The Balaban J connectivity index is 0.000000111. The molecule has 24 rings (SSSR count). The zero-order valence-electron chi connectivity index (χ0n) is 67.2. The molecule has 9 nitrogen and oxygen atoms in total. The van der Waals surface area contributed by atoms with Crippen LogP contribution in [0.2, 0.25) is 0 Å². The van der Waals surface area contributed by atoms with Gasteiger partial charge in [-0.25, -0.2) is 44.9 Å². The minimum absolute atomic E-state index is 0.654. The molecule has 0 aliphatic carbocycles. The lowest BCUT2D eigenvalue weighted by molar-refractivity contribution is 1.07. The van der Waals surface area contributed by atoms with Crippen molar-refractivity contribution < 1.29 is 0 Å². The Bertz CT molecular complexity index is 7930. The summed E-state index contributed by atoms with van der Waals surface area (Å²) in [7, 11) is 0. The first kappa shape index (κ1) is 73.6. The zero-order chi connectivity index (χ0) is 82.2. The summed E-state index contributed by atoms with van der Waals surface area (Å²) in [4.78, 5) is 45.0. The van der Waals surface area contributed by atoms with Gasteiger partial charge in [0.15, 0.2) is 52.4 Å². The quantitative estimate of drug-likeness (QED) is 0.117. The first-order chi connectivity index (χ1) is 61.3. The third-order valence-electron chi connectivity index (χ3n) is 23.4. The van der Waals surface area contributed by atoms with E-state index in [9.17, 15) is 0 Å². The number of fused-ring (bicyclic) bond motifs is 12. The van der Waals surface area contributed by atoms with Crippen LogP contribution in [0.4, 0.5) is 0 Å². The Labute approximate surface area is 715 Å². The fourth-order valence-electron chi connectivity index (χ4n) is 16.9. The molecule has 0 aliphatic heterocycles. The molecular formula is C115H73N9. The van der Waals surface area contributed by atoms with Crippen LogP contribution in [0, 0.1) is 0 Å². The third-order valence-corrected chi connectivity index (χ3v) is 23.4. The molecule has 9 heteroatoms. The van der Waals surface area contributed by atoms with Gasteiger partial charge in [0.1, 0.15) is 0 Å². The maximum Gasteiger partial charge on any atom is 0.164 e. The van der Waals surface area contributed by atoms with E-state index in [0.717, 1.165) is 98.9 Å². The minimum atomic E-state index is 0.654. The van der Waals surface area contributed by atoms with E-state index in [1.807, 2.05) is 6.07 Å². The van der Waals surface area contributed by atoms with Gasteiger partial charge in [0.2, 0.25) is 0 Å². The Morgan fingerprint density at radius 1 is 0.0887 bits per heavy atom. The molecule has 0 atom stereocenters. The first-order valence-electron chi connectivity index (χ1n) is 41.7. The van der Waals surface area contributed by atoms with Crippen molar-refractivity contribution in [2.75, 3.05) is 0 Å². The predicted molar refractivity (Wildman–Crippen MR) is 514 cm³/mol. The smallest absolute Gasteiger partial charge is 0.164 e. The van der Waals surface area contributed by atoms with E-state index >= 15 is 0 Å². The number of nitrogens with zero attached hydrogens (tertiary/aromatic N) is 9. The summed E-state index contributed by atoms with van der Waals surface area (Å²) < 4.78 is 0. The molecule has 0 N–H and O–H groups in total. The summed E-state index contributed by atoms with van der Waals surface area (Å²) in [6.07, 6.45) is 0. The molecule has 21 aromatic carbocycles. The number of benzene rings is 21. The molecule has 0 saturated heterocycles. The van der Waals surface area contributed by atoms with Crippen molar-refractivity contribution in [2.24, 2.45) is 0 Å². The Kier molecular flexibility index (Phi) is 19.1. The van der Waals surface area contributed by atoms with E-state index in [4.69, 9.17) is 44.9 Å². The van der Waals surface area contributed by atoms with Crippen molar-refractivity contribution in [3.05, 3.63) is 443 Å². The van der Waals surface area contributed by atoms with Crippen LogP contribution < -0.4 is 0 Å². The predicted octanol–water partition coefficient (Wildman–Crippen LogP) is 29.5. The molecule has 0 unspecified atom stereocenters. The molecule has 0 bridgehead atoms. The van der Waals surface area contributed by atoms with Gasteiger partial charge in [0.25, 0.3) is 0 Å². The number of rotatable bonds is 11. The number of hydrogen-bond acceptors (Lipinski definition) is 9. The van der Waals surface area contributed by atoms with Gasteiger partial charge in [-0.05, 0) is 179 Å². The molecule has 578 valence electrons. The molecule has 3 aromatic heterocycles. The molecule has 0 spiro atoms. The van der Waals surface area contributed by atoms with E-state index in [2.05, 4.69) is 437 Å². The summed E-state index contributed by atoms with van der Waals surface area (Å²) in [5, 5.41) is 23.9. The fraction of sp³-hybridized carbons (Fsp3) is 0. The molecular weight excluding hydrogens is 1510 g/mol. The van der Waals surface area contributed by atoms with Crippen LogP contribution in [-0.2, 0) is 0 Å². The molecule has 0 amide bonds. The summed E-state index contributed by atoms with van der Waals surface area (Å²) in [5.74, 6) is 5.94. The van der Waals surface area contributed by atoms with Crippen molar-refractivity contribution in [3.8, 4) is 125 Å². The van der Waals surface area contributed by atoms with Gasteiger partial charge < -0.3 is 0 Å². The van der Waals surface area contributed by atoms with Gasteiger partial charge in [-0.15, -0.1) is 0 Å². The summed E-state index contributed by atoms with van der Waals surface area (Å²) in [5.41, 5.74) is 13.3. The van der Waals surface area contributed by atoms with Gasteiger partial charge in [-0.3, -0.25) is 0 Å². The normalized spacial score (nSPS) is 11.4. The Morgan fingerprint density at radius 2 is 0.250 bits per heavy atom. The lowest BCUT2D eigenvalue weighted by Gasteiger charge is -2.11. The average molecular weight is 1580 g/mol. The second-order valence-electron chi connectivity index (χ2n) is 31.3. The van der Waals surface area contributed by atoms with E-state index in [1.54, 1.807) is 0 Å². The monoisotopic (exact) mass is 1580 g/mol. The molecule has 0 saturated carbocycles. The maximum absolute atomic E-state index is 5.08. The molecule has 0 fully saturated rings. The van der Waals surface area contributed by atoms with Crippen LogP contribution in [0.15, 0.2) is 443 Å². The largest absolute Gasteiger partial charge is 0.208 e. The van der Waals surface area contributed by atoms with Crippen LogP contribution >= 0.6 is 0 Å². The third kappa shape index (κ3) is 14.9. The Morgan fingerprint density at radius 3 is 0.540 bits per heavy atom. The van der Waals surface area contributed by atoms with Gasteiger partial charge in [-0.2, -0.15) is 0 Å². The SMILES string of the molecule is c1ccc(-c2ccc(-c3nc(-c4ccc5ccccc5c4)nc(-c4ccc5ccccc5c4)n3)cc2)cc1.c1ccc2cc(-c3ccc(-c4nc(-c5ccc6ccccc6c5)nc(-c5ccc6ccccc6c5)n4)cc3)ccc2c1.c1ccc2cc(-c3nc(-c4ccc5c(ccc6ccccc65)c4)nc(-c4ccc5c(ccc6ccccc65)c4)n3)ccc2c1. The van der Waals surface area contributed by atoms with Crippen molar-refractivity contribution >= 4 is 108 Å². The molecule has 24 aromatic rings. The molecule has 3 heterocycles. The van der Waals surface area contributed by atoms with E-state index in [-0.39, 0.29) is 0 Å². The lowest BCUT2D eigenvalue weighted by Crippen LogP contribution is -2.00. The van der Waals surface area contributed by atoms with Crippen LogP contribution in [0.1, 0.15) is 0 Å². The van der Waals surface area contributed by atoms with Crippen molar-refractivity contribution in [3.63, 3.8) is 0 Å². The molecule has 0 radical (unpaired) electrons. The highest BCUT2D eigenvalue weighted by Gasteiger charge is 2.20. The number of hydrogen-bond donors (Lipinski definition) is 0. The van der Waals surface area contributed by atoms with Gasteiger partial charge in [0.05, 0.1) is 0 Å². The highest BCUT2D eigenvalue weighted by molar-refractivity contribution is 6.10. The number of aromatic nitrogens is 9. The average Bonchev–Trinajstić information content (AvgIpc) is 0.792. The van der Waals surface area contributed by atoms with E-state index in [0.29, 0.717) is 52.4 Å². The topological polar surface area (TPSA) is 116 Å². The second-order valence-corrected chi connectivity index (χ2v) is 31.3. The maximum atomic E-state index is 5.08. The van der Waals surface area contributed by atoms with Gasteiger partial charge in [0, 0.05) is 50.1 Å². The van der Waals surface area contributed by atoms with E-state index in [1.165, 1.54) is 81.1 Å². The Hall–Kier alpha value is -16.8. The lowest BCUT2D eigenvalue weighted by atomic mass is 9.99. The van der Waals surface area contributed by atoms with Crippen LogP contribution in [-0.4, -0.2) is 44.9 Å². The fourth-order valence-corrected chi connectivity index (χ4v) is 16.9. The van der Waals surface area contributed by atoms with E-state index < -0.39 is 0 Å². The zero-order valence-corrected chi connectivity index (χ0v) is 67.2. The van der Waals surface area contributed by atoms with Crippen molar-refractivity contribution in [2.45, 2.75) is 0 Å². The summed E-state index contributed by atoms with van der Waals surface area (Å²) in [6, 6.07) is 155. The standard InChI is InChI=1S/C41H25N3.C39H25N3.C35H23N3/c1-2-10-29-23-32(18-13-26(29)7-1)39-42-40(33-19-21-37-30(24-33)16-14-27-8-3-5-11-35(27)37)44-41(43-39)34-20-22-38-31(25-34)17-15-28-9-4-6-12-36(28)38;1-4-10-31-23-34(20-15-26(31)7-1)29-13-18-30(19-14-29)37-40-38(35-21-16-27-8-2-5-11-32(27)24-35)42-39(41-37)36-22-17-28-9-3-6-12-33(28)25-36;1-2-8-24(9-3-1)27-14-18-28(19-15-27)33-36-34(31-20-16-25-10-4-6-12-29(25)22-31)38-35(37-33)32-21-17-26-11-5-7-13-30(26)23-32/h1-25H;1-25H;1-23H. The van der Waals surface area contributed by atoms with Crippen LogP contribution in [0.3, 0.4) is 0 Å². The highest BCUT2D eigenvalue weighted by Crippen LogP contribution is 2.38. The minimum Gasteiger partial charge on any atom is -0.208 e. The molecule has 0 aliphatic rings. The van der Waals surface area contributed by atoms with Gasteiger partial charge >= 0.3 is 0 Å².